The molecule has 0 spiro atoms. The second kappa shape index (κ2) is 10.6. The summed E-state index contributed by atoms with van der Waals surface area (Å²) in [6.45, 7) is 10.1. The van der Waals surface area contributed by atoms with Crippen LogP contribution in [0, 0.1) is 18.8 Å². The lowest BCUT2D eigenvalue weighted by Crippen LogP contribution is -2.55. The highest BCUT2D eigenvalue weighted by Crippen LogP contribution is 2.31. The Labute approximate surface area is 193 Å². The number of benzene rings is 1. The van der Waals surface area contributed by atoms with Crippen LogP contribution in [-0.2, 0) is 24.4 Å². The van der Waals surface area contributed by atoms with Crippen molar-refractivity contribution < 1.29 is 4.79 Å². The molecule has 2 bridgehead atoms. The fraction of sp³-hybridized carbons (Fsp3) is 0.615. The van der Waals surface area contributed by atoms with Crippen LogP contribution in [0.15, 0.2) is 36.5 Å². The first kappa shape index (κ1) is 23.0. The van der Waals surface area contributed by atoms with Crippen LogP contribution in [-0.4, -0.2) is 58.2 Å². The van der Waals surface area contributed by atoms with Gasteiger partial charge in [-0.25, -0.2) is 0 Å². The highest BCUT2D eigenvalue weighted by molar-refractivity contribution is 5.75. The predicted molar refractivity (Wildman–Crippen MR) is 128 cm³/mol. The number of likely N-dealkylation sites (tertiary alicyclic amines) is 1. The van der Waals surface area contributed by atoms with E-state index in [-0.39, 0.29) is 5.91 Å². The van der Waals surface area contributed by atoms with Crippen LogP contribution in [0.5, 0.6) is 0 Å². The van der Waals surface area contributed by atoms with Crippen LogP contribution in [0.25, 0.3) is 0 Å². The number of carbonyl (C=O) groups excluding carboxylic acids is 1. The number of rotatable bonds is 9. The molecule has 0 aliphatic carbocycles. The van der Waals surface area contributed by atoms with E-state index in [4.69, 9.17) is 0 Å². The summed E-state index contributed by atoms with van der Waals surface area (Å²) in [4.78, 5) is 17.2. The molecule has 2 aliphatic rings. The Hall–Kier alpha value is -2.18. The largest absolute Gasteiger partial charge is 0.341 e. The molecule has 174 valence electrons. The molecule has 1 N–H and O–H groups in total. The minimum absolute atomic E-state index is 0.233. The van der Waals surface area contributed by atoms with E-state index in [0.29, 0.717) is 24.9 Å². The van der Waals surface area contributed by atoms with Gasteiger partial charge in [-0.05, 0) is 57.1 Å². The lowest BCUT2D eigenvalue weighted by molar-refractivity contribution is -0.130. The fourth-order valence-corrected chi connectivity index (χ4v) is 5.47. The van der Waals surface area contributed by atoms with E-state index in [1.807, 2.05) is 23.6 Å². The Bertz CT molecular complexity index is 880. The number of hydrogen-bond donors (Lipinski definition) is 1. The number of nitrogens with one attached hydrogen (secondary N) is 1. The van der Waals surface area contributed by atoms with Crippen molar-refractivity contribution in [2.24, 2.45) is 11.8 Å². The maximum atomic E-state index is 12.7. The van der Waals surface area contributed by atoms with E-state index >= 15 is 0 Å². The van der Waals surface area contributed by atoms with Crippen LogP contribution < -0.4 is 5.32 Å². The highest BCUT2D eigenvalue weighted by atomic mass is 16.2. The van der Waals surface area contributed by atoms with Gasteiger partial charge in [0.05, 0.1) is 5.69 Å². The molecule has 4 rings (SSSR count). The van der Waals surface area contributed by atoms with Gasteiger partial charge in [-0.1, -0.05) is 30.3 Å². The summed E-state index contributed by atoms with van der Waals surface area (Å²) in [5.74, 6) is 1.69. The van der Waals surface area contributed by atoms with E-state index in [9.17, 15) is 4.79 Å². The Morgan fingerprint density at radius 2 is 2.06 bits per heavy atom. The van der Waals surface area contributed by atoms with Crippen molar-refractivity contribution in [1.29, 1.82) is 0 Å². The Balaban J connectivity index is 1.23. The van der Waals surface area contributed by atoms with Crippen LogP contribution >= 0.6 is 0 Å². The first-order valence-electron chi connectivity index (χ1n) is 12.3. The Kier molecular flexibility index (Phi) is 7.63. The van der Waals surface area contributed by atoms with Gasteiger partial charge in [-0.2, -0.15) is 5.10 Å². The monoisotopic (exact) mass is 437 g/mol. The van der Waals surface area contributed by atoms with Gasteiger partial charge in [-0.3, -0.25) is 14.4 Å². The number of fused-ring (bicyclic) bond motifs is 2. The lowest BCUT2D eigenvalue weighted by atomic mass is 9.79. The van der Waals surface area contributed by atoms with Gasteiger partial charge in [-0.15, -0.1) is 0 Å². The average molecular weight is 438 g/mol. The summed E-state index contributed by atoms with van der Waals surface area (Å²) in [6, 6.07) is 11.4. The molecule has 3 heterocycles. The third kappa shape index (κ3) is 5.78. The van der Waals surface area contributed by atoms with Crippen molar-refractivity contribution in [3.63, 3.8) is 0 Å². The summed E-state index contributed by atoms with van der Waals surface area (Å²) in [6.07, 6.45) is 6.06. The predicted octanol–water partition coefficient (Wildman–Crippen LogP) is 3.45. The van der Waals surface area contributed by atoms with Crippen molar-refractivity contribution in [3.8, 4) is 0 Å². The summed E-state index contributed by atoms with van der Waals surface area (Å²) in [7, 11) is 1.91. The standard InChI is InChI=1S/C26H39N5O/c1-4-31-19-24(20(2)28-31)17-29(3)26(32)12-8-11-25-23-13-22(14-27-25)16-30(18-23)15-21-9-6-5-7-10-21/h5-7,9-10,19,22-23,25,27H,4,8,11-18H2,1-3H3. The molecule has 2 saturated heterocycles. The zero-order valence-electron chi connectivity index (χ0n) is 20.0. The average Bonchev–Trinajstić information content (AvgIpc) is 3.15. The zero-order valence-corrected chi connectivity index (χ0v) is 20.0. The van der Waals surface area contributed by atoms with Crippen LogP contribution in [0.1, 0.15) is 49.4 Å². The minimum Gasteiger partial charge on any atom is -0.341 e. The van der Waals surface area contributed by atoms with Gasteiger partial charge in [0.15, 0.2) is 0 Å². The summed E-state index contributed by atoms with van der Waals surface area (Å²) >= 11 is 0. The molecule has 3 atom stereocenters. The van der Waals surface area contributed by atoms with Gasteiger partial charge in [0.25, 0.3) is 0 Å². The molecule has 2 fully saturated rings. The molecule has 6 heteroatoms. The molecule has 0 saturated carbocycles. The molecule has 1 amide bonds. The number of aromatic nitrogens is 2. The zero-order chi connectivity index (χ0) is 22.5. The number of nitrogens with zero attached hydrogens (tertiary/aromatic N) is 4. The van der Waals surface area contributed by atoms with E-state index in [2.05, 4.69) is 58.8 Å². The van der Waals surface area contributed by atoms with Gasteiger partial charge in [0, 0.05) is 64.0 Å². The highest BCUT2D eigenvalue weighted by Gasteiger charge is 2.36. The summed E-state index contributed by atoms with van der Waals surface area (Å²) in [5.41, 5.74) is 3.57. The van der Waals surface area contributed by atoms with Crippen molar-refractivity contribution in [1.82, 2.24) is 24.9 Å². The third-order valence-electron chi connectivity index (χ3n) is 7.24. The molecule has 1 aromatic heterocycles. The fourth-order valence-electron chi connectivity index (χ4n) is 5.47. The van der Waals surface area contributed by atoms with Crippen molar-refractivity contribution in [2.75, 3.05) is 26.7 Å². The van der Waals surface area contributed by atoms with Gasteiger partial charge in [0.1, 0.15) is 0 Å². The number of piperidine rings is 2. The molecule has 2 aliphatic heterocycles. The number of carbonyl (C=O) groups is 1. The molecule has 1 aromatic carbocycles. The SMILES string of the molecule is CCn1cc(CN(C)C(=O)CCCC2NCC3CC2CN(Cc2ccccc2)C3)c(C)n1. The van der Waals surface area contributed by atoms with Crippen molar-refractivity contribution in [3.05, 3.63) is 53.3 Å². The Morgan fingerprint density at radius 3 is 2.81 bits per heavy atom. The molecule has 0 radical (unpaired) electrons. The van der Waals surface area contributed by atoms with E-state index in [1.54, 1.807) is 0 Å². The molecule has 3 unspecified atom stereocenters. The number of amides is 1. The second-order valence-corrected chi connectivity index (χ2v) is 9.79. The van der Waals surface area contributed by atoms with E-state index in [1.165, 1.54) is 18.5 Å². The van der Waals surface area contributed by atoms with Gasteiger partial charge < -0.3 is 10.2 Å². The third-order valence-corrected chi connectivity index (χ3v) is 7.24. The minimum atomic E-state index is 0.233. The maximum Gasteiger partial charge on any atom is 0.222 e. The second-order valence-electron chi connectivity index (χ2n) is 9.79. The van der Waals surface area contributed by atoms with Crippen LogP contribution in [0.3, 0.4) is 0 Å². The summed E-state index contributed by atoms with van der Waals surface area (Å²) in [5, 5.41) is 8.30. The number of aryl methyl sites for hydroxylation is 2. The van der Waals surface area contributed by atoms with Gasteiger partial charge in [0.2, 0.25) is 5.91 Å². The topological polar surface area (TPSA) is 53.4 Å². The van der Waals surface area contributed by atoms with Crippen molar-refractivity contribution >= 4 is 5.91 Å². The Morgan fingerprint density at radius 1 is 1.25 bits per heavy atom. The molecule has 32 heavy (non-hydrogen) atoms. The molecular weight excluding hydrogens is 398 g/mol. The normalized spacial score (nSPS) is 23.3. The molecule has 6 nitrogen and oxygen atoms in total. The lowest BCUT2D eigenvalue weighted by Gasteiger charge is -2.46. The summed E-state index contributed by atoms with van der Waals surface area (Å²) < 4.78 is 1.94. The van der Waals surface area contributed by atoms with E-state index < -0.39 is 0 Å². The van der Waals surface area contributed by atoms with Crippen molar-refractivity contribution in [2.45, 2.75) is 65.2 Å². The quantitative estimate of drug-likeness (QED) is 0.653. The maximum absolute atomic E-state index is 12.7. The number of hydrogen-bond acceptors (Lipinski definition) is 4. The first-order chi connectivity index (χ1) is 15.5. The molecule has 2 aromatic rings. The van der Waals surface area contributed by atoms with Crippen LogP contribution in [0.2, 0.25) is 0 Å². The van der Waals surface area contributed by atoms with E-state index in [0.717, 1.165) is 56.2 Å². The molecular formula is C26H39N5O. The smallest absolute Gasteiger partial charge is 0.222 e. The first-order valence-corrected chi connectivity index (χ1v) is 12.3. The van der Waals surface area contributed by atoms with Crippen LogP contribution in [0.4, 0.5) is 0 Å². The van der Waals surface area contributed by atoms with Gasteiger partial charge >= 0.3 is 0 Å².